The Bertz CT molecular complexity index is 319. The number of halogens is 2. The predicted molar refractivity (Wildman–Crippen MR) is 43.9 cm³/mol. The van der Waals surface area contributed by atoms with Gasteiger partial charge in [-0.15, -0.1) is 0 Å². The average molecular weight is 185 g/mol. The highest BCUT2D eigenvalue weighted by Gasteiger charge is 2.44. The predicted octanol–water partition coefficient (Wildman–Crippen LogP) is 1.24. The van der Waals surface area contributed by atoms with Crippen molar-refractivity contribution in [2.45, 2.75) is 12.8 Å². The molecule has 0 amide bonds. The first-order valence-electron chi connectivity index (χ1n) is 3.99. The van der Waals surface area contributed by atoms with Crippen LogP contribution in [-0.2, 0) is 0 Å². The second kappa shape index (κ2) is 2.61. The Balaban J connectivity index is 2.11. The topological polar surface area (TPSA) is 29.0 Å². The van der Waals surface area contributed by atoms with Crippen molar-refractivity contribution in [3.05, 3.63) is 18.1 Å². The minimum absolute atomic E-state index is 0.233. The van der Waals surface area contributed by atoms with Crippen molar-refractivity contribution in [3.8, 4) is 0 Å². The lowest BCUT2D eigenvalue weighted by molar-refractivity contribution is -0.0267. The van der Waals surface area contributed by atoms with Gasteiger partial charge in [0, 0.05) is 6.20 Å². The number of rotatable bonds is 1. The van der Waals surface area contributed by atoms with Gasteiger partial charge >= 0.3 is 0 Å². The first-order chi connectivity index (χ1) is 6.07. The molecule has 0 bridgehead atoms. The molecule has 0 radical (unpaired) electrons. The number of hydrogen-bond acceptors (Lipinski definition) is 3. The van der Waals surface area contributed by atoms with E-state index < -0.39 is 5.92 Å². The molecule has 70 valence electrons. The highest BCUT2D eigenvalue weighted by molar-refractivity contribution is 5.42. The van der Waals surface area contributed by atoms with Crippen molar-refractivity contribution in [2.24, 2.45) is 0 Å². The van der Waals surface area contributed by atoms with Gasteiger partial charge in [-0.1, -0.05) is 0 Å². The van der Waals surface area contributed by atoms with E-state index in [0.29, 0.717) is 11.6 Å². The molecule has 0 atom stereocenters. The first-order valence-corrected chi connectivity index (χ1v) is 3.99. The van der Waals surface area contributed by atoms with E-state index in [9.17, 15) is 8.78 Å². The van der Waals surface area contributed by atoms with Crippen LogP contribution in [0.4, 0.5) is 14.6 Å². The maximum atomic E-state index is 12.5. The summed E-state index contributed by atoms with van der Waals surface area (Å²) in [5, 5.41) is 0. The highest BCUT2D eigenvalue weighted by Crippen LogP contribution is 2.30. The largest absolute Gasteiger partial charge is 0.344 e. The van der Waals surface area contributed by atoms with Crippen molar-refractivity contribution in [1.82, 2.24) is 9.97 Å². The van der Waals surface area contributed by atoms with E-state index in [1.54, 1.807) is 19.2 Å². The van der Waals surface area contributed by atoms with Crippen molar-refractivity contribution < 1.29 is 8.78 Å². The molecule has 0 aromatic carbocycles. The quantitative estimate of drug-likeness (QED) is 0.659. The molecule has 1 fully saturated rings. The summed E-state index contributed by atoms with van der Waals surface area (Å²) in [4.78, 5) is 9.47. The molecular formula is C8H9F2N3. The summed E-state index contributed by atoms with van der Waals surface area (Å²) in [5.41, 5.74) is 0. The summed E-state index contributed by atoms with van der Waals surface area (Å²) in [6.45, 7) is 1.27. The van der Waals surface area contributed by atoms with Gasteiger partial charge in [-0.2, -0.15) is 0 Å². The van der Waals surface area contributed by atoms with Crippen molar-refractivity contribution in [2.75, 3.05) is 18.0 Å². The number of alkyl halides is 2. The van der Waals surface area contributed by atoms with E-state index in [1.165, 1.54) is 4.90 Å². The zero-order valence-electron chi connectivity index (χ0n) is 7.17. The van der Waals surface area contributed by atoms with E-state index in [2.05, 4.69) is 9.97 Å². The third-order valence-corrected chi connectivity index (χ3v) is 1.93. The number of aryl methyl sites for hydroxylation is 1. The molecule has 0 aliphatic carbocycles. The second-order valence-electron chi connectivity index (χ2n) is 3.17. The second-order valence-corrected chi connectivity index (χ2v) is 3.17. The van der Waals surface area contributed by atoms with Gasteiger partial charge in [0.05, 0.1) is 13.1 Å². The molecule has 0 spiro atoms. The number of anilines is 1. The molecule has 1 aliphatic heterocycles. The standard InChI is InChI=1S/C8H9F2N3/c1-6-11-3-2-7(12-6)13-4-8(9,10)5-13/h2-3H,4-5H2,1H3. The van der Waals surface area contributed by atoms with Crippen LogP contribution in [0.3, 0.4) is 0 Å². The molecule has 5 heteroatoms. The third-order valence-electron chi connectivity index (χ3n) is 1.93. The van der Waals surface area contributed by atoms with Gasteiger partial charge in [0.15, 0.2) is 0 Å². The van der Waals surface area contributed by atoms with Gasteiger partial charge in [0.1, 0.15) is 11.6 Å². The molecule has 13 heavy (non-hydrogen) atoms. The summed E-state index contributed by atoms with van der Waals surface area (Å²) in [5.74, 6) is -1.36. The molecule has 2 rings (SSSR count). The zero-order chi connectivity index (χ0) is 9.47. The normalized spacial score (nSPS) is 19.8. The van der Waals surface area contributed by atoms with Gasteiger partial charge < -0.3 is 4.90 Å². The number of aromatic nitrogens is 2. The summed E-state index contributed by atoms with van der Waals surface area (Å²) in [6.07, 6.45) is 1.58. The fraction of sp³-hybridized carbons (Fsp3) is 0.500. The minimum Gasteiger partial charge on any atom is -0.344 e. The Kier molecular flexibility index (Phi) is 1.68. The molecule has 1 aromatic rings. The molecule has 0 unspecified atom stereocenters. The lowest BCUT2D eigenvalue weighted by Gasteiger charge is -2.39. The van der Waals surface area contributed by atoms with Crippen LogP contribution in [0.2, 0.25) is 0 Å². The third kappa shape index (κ3) is 1.59. The summed E-state index contributed by atoms with van der Waals surface area (Å²) < 4.78 is 25.0. The molecule has 1 saturated heterocycles. The Morgan fingerprint density at radius 1 is 1.46 bits per heavy atom. The first kappa shape index (κ1) is 8.34. The molecular weight excluding hydrogens is 176 g/mol. The molecule has 0 N–H and O–H groups in total. The Labute approximate surface area is 74.4 Å². The van der Waals surface area contributed by atoms with Gasteiger partial charge in [0.25, 0.3) is 5.92 Å². The van der Waals surface area contributed by atoms with Gasteiger partial charge in [-0.3, -0.25) is 0 Å². The van der Waals surface area contributed by atoms with E-state index in [0.717, 1.165) is 0 Å². The van der Waals surface area contributed by atoms with E-state index in [4.69, 9.17) is 0 Å². The summed E-state index contributed by atoms with van der Waals surface area (Å²) in [7, 11) is 0. The van der Waals surface area contributed by atoms with E-state index in [1.807, 2.05) is 0 Å². The monoisotopic (exact) mass is 185 g/mol. The average Bonchev–Trinajstić information content (AvgIpc) is 2.00. The Morgan fingerprint density at radius 3 is 2.69 bits per heavy atom. The lowest BCUT2D eigenvalue weighted by Crippen LogP contribution is -2.56. The van der Waals surface area contributed by atoms with Crippen LogP contribution in [0.5, 0.6) is 0 Å². The van der Waals surface area contributed by atoms with Gasteiger partial charge in [-0.05, 0) is 13.0 Å². The van der Waals surface area contributed by atoms with Crippen molar-refractivity contribution in [1.29, 1.82) is 0 Å². The SMILES string of the molecule is Cc1nccc(N2CC(F)(F)C2)n1. The fourth-order valence-corrected chi connectivity index (χ4v) is 1.29. The van der Waals surface area contributed by atoms with Gasteiger partial charge in [0.2, 0.25) is 0 Å². The van der Waals surface area contributed by atoms with E-state index >= 15 is 0 Å². The summed E-state index contributed by atoms with van der Waals surface area (Å²) >= 11 is 0. The van der Waals surface area contributed by atoms with Crippen LogP contribution < -0.4 is 4.90 Å². The summed E-state index contributed by atoms with van der Waals surface area (Å²) in [6, 6.07) is 1.64. The lowest BCUT2D eigenvalue weighted by atomic mass is 10.1. The highest BCUT2D eigenvalue weighted by atomic mass is 19.3. The zero-order valence-corrected chi connectivity index (χ0v) is 7.17. The number of hydrogen-bond donors (Lipinski definition) is 0. The Morgan fingerprint density at radius 2 is 2.15 bits per heavy atom. The van der Waals surface area contributed by atoms with Crippen LogP contribution >= 0.6 is 0 Å². The minimum atomic E-state index is -2.54. The van der Waals surface area contributed by atoms with Gasteiger partial charge in [-0.25, -0.2) is 18.7 Å². The van der Waals surface area contributed by atoms with Crippen molar-refractivity contribution in [3.63, 3.8) is 0 Å². The maximum Gasteiger partial charge on any atom is 0.282 e. The van der Waals surface area contributed by atoms with Crippen LogP contribution in [0.25, 0.3) is 0 Å². The van der Waals surface area contributed by atoms with Crippen LogP contribution in [0.1, 0.15) is 5.82 Å². The van der Waals surface area contributed by atoms with E-state index in [-0.39, 0.29) is 13.1 Å². The number of nitrogens with zero attached hydrogens (tertiary/aromatic N) is 3. The van der Waals surface area contributed by atoms with Crippen LogP contribution in [0, 0.1) is 6.92 Å². The molecule has 1 aliphatic rings. The van der Waals surface area contributed by atoms with Crippen LogP contribution in [0.15, 0.2) is 12.3 Å². The maximum absolute atomic E-state index is 12.5. The smallest absolute Gasteiger partial charge is 0.282 e. The van der Waals surface area contributed by atoms with Crippen LogP contribution in [-0.4, -0.2) is 29.0 Å². The Hall–Kier alpha value is -1.26. The molecule has 0 saturated carbocycles. The fourth-order valence-electron chi connectivity index (χ4n) is 1.29. The molecule has 1 aromatic heterocycles. The molecule has 2 heterocycles. The van der Waals surface area contributed by atoms with Crippen molar-refractivity contribution >= 4 is 5.82 Å². The molecule has 3 nitrogen and oxygen atoms in total.